The third kappa shape index (κ3) is 3.33. The highest BCUT2D eigenvalue weighted by Crippen LogP contribution is 2.21. The normalized spacial score (nSPS) is 18.7. The van der Waals surface area contributed by atoms with E-state index in [-0.39, 0.29) is 0 Å². The van der Waals surface area contributed by atoms with Crippen molar-refractivity contribution in [2.24, 2.45) is 4.99 Å². The van der Waals surface area contributed by atoms with E-state index in [1.807, 2.05) is 18.5 Å². The SMILES string of the molecule is CCN1CC(c2ccccc2)NC1=NCc1ccc2cnccc2c1. The molecule has 1 fully saturated rings. The molecule has 0 bridgehead atoms. The van der Waals surface area contributed by atoms with E-state index in [2.05, 4.69) is 70.7 Å². The van der Waals surface area contributed by atoms with Crippen molar-refractivity contribution in [2.45, 2.75) is 19.5 Å². The zero-order valence-corrected chi connectivity index (χ0v) is 14.4. The highest BCUT2D eigenvalue weighted by atomic mass is 15.4. The van der Waals surface area contributed by atoms with Crippen LogP contribution in [0.2, 0.25) is 0 Å². The summed E-state index contributed by atoms with van der Waals surface area (Å²) >= 11 is 0. The van der Waals surface area contributed by atoms with Crippen LogP contribution in [0, 0.1) is 0 Å². The summed E-state index contributed by atoms with van der Waals surface area (Å²) in [7, 11) is 0. The lowest BCUT2D eigenvalue weighted by atomic mass is 10.1. The maximum atomic E-state index is 4.84. The molecule has 0 spiro atoms. The maximum Gasteiger partial charge on any atom is 0.194 e. The van der Waals surface area contributed by atoms with Crippen molar-refractivity contribution in [1.82, 2.24) is 15.2 Å². The van der Waals surface area contributed by atoms with Gasteiger partial charge in [-0.15, -0.1) is 0 Å². The van der Waals surface area contributed by atoms with Crippen LogP contribution in [0.5, 0.6) is 0 Å². The van der Waals surface area contributed by atoms with Crippen molar-refractivity contribution in [3.05, 3.63) is 78.1 Å². The predicted molar refractivity (Wildman–Crippen MR) is 102 cm³/mol. The lowest BCUT2D eigenvalue weighted by Crippen LogP contribution is -2.30. The van der Waals surface area contributed by atoms with E-state index in [1.165, 1.54) is 16.5 Å². The number of nitrogens with one attached hydrogen (secondary N) is 1. The molecule has 1 unspecified atom stereocenters. The minimum Gasteiger partial charge on any atom is -0.348 e. The summed E-state index contributed by atoms with van der Waals surface area (Å²) in [6, 6.07) is 19.4. The number of guanidine groups is 1. The van der Waals surface area contributed by atoms with E-state index in [9.17, 15) is 0 Å². The van der Waals surface area contributed by atoms with Gasteiger partial charge in [-0.05, 0) is 35.6 Å². The number of nitrogens with zero attached hydrogens (tertiary/aromatic N) is 3. The van der Waals surface area contributed by atoms with Crippen molar-refractivity contribution in [2.75, 3.05) is 13.1 Å². The third-order valence-electron chi connectivity index (χ3n) is 4.71. The second-order valence-electron chi connectivity index (χ2n) is 6.34. The van der Waals surface area contributed by atoms with Crippen molar-refractivity contribution in [3.63, 3.8) is 0 Å². The Hall–Kier alpha value is -2.88. The highest BCUT2D eigenvalue weighted by Gasteiger charge is 2.26. The fourth-order valence-electron chi connectivity index (χ4n) is 3.30. The van der Waals surface area contributed by atoms with Gasteiger partial charge < -0.3 is 10.2 Å². The number of likely N-dealkylation sites (N-methyl/N-ethyl adjacent to an activating group) is 1. The van der Waals surface area contributed by atoms with Gasteiger partial charge in [-0.25, -0.2) is 4.99 Å². The summed E-state index contributed by atoms with van der Waals surface area (Å²) in [5.41, 5.74) is 2.52. The number of rotatable bonds is 4. The van der Waals surface area contributed by atoms with Crippen molar-refractivity contribution in [1.29, 1.82) is 0 Å². The van der Waals surface area contributed by atoms with Gasteiger partial charge in [0.15, 0.2) is 5.96 Å². The van der Waals surface area contributed by atoms with Crippen LogP contribution in [0.25, 0.3) is 10.8 Å². The topological polar surface area (TPSA) is 40.5 Å². The van der Waals surface area contributed by atoms with Crippen LogP contribution in [0.15, 0.2) is 72.0 Å². The Bertz CT molecular complexity index is 889. The molecule has 2 heterocycles. The van der Waals surface area contributed by atoms with Gasteiger partial charge in [0.05, 0.1) is 12.6 Å². The molecular weight excluding hydrogens is 308 g/mol. The Kier molecular flexibility index (Phi) is 4.34. The molecule has 126 valence electrons. The van der Waals surface area contributed by atoms with Crippen LogP contribution in [-0.2, 0) is 6.54 Å². The molecule has 1 aliphatic heterocycles. The van der Waals surface area contributed by atoms with Crippen LogP contribution in [0.3, 0.4) is 0 Å². The lowest BCUT2D eigenvalue weighted by Gasteiger charge is -2.14. The summed E-state index contributed by atoms with van der Waals surface area (Å²) in [6.07, 6.45) is 3.73. The molecule has 0 saturated carbocycles. The fraction of sp³-hybridized carbons (Fsp3) is 0.238. The summed E-state index contributed by atoms with van der Waals surface area (Å²) < 4.78 is 0. The van der Waals surface area contributed by atoms with Gasteiger partial charge in [0, 0.05) is 30.9 Å². The minimum absolute atomic E-state index is 0.308. The first-order valence-electron chi connectivity index (χ1n) is 8.77. The third-order valence-corrected chi connectivity index (χ3v) is 4.71. The molecule has 4 rings (SSSR count). The van der Waals surface area contributed by atoms with Crippen molar-refractivity contribution >= 4 is 16.7 Å². The van der Waals surface area contributed by atoms with Crippen LogP contribution in [0.4, 0.5) is 0 Å². The molecule has 4 heteroatoms. The number of fused-ring (bicyclic) bond motifs is 1. The lowest BCUT2D eigenvalue weighted by molar-refractivity contribution is 0.455. The number of pyridine rings is 1. The smallest absolute Gasteiger partial charge is 0.194 e. The summed E-state index contributed by atoms with van der Waals surface area (Å²) in [5.74, 6) is 0.992. The molecule has 0 aliphatic carbocycles. The quantitative estimate of drug-likeness (QED) is 0.792. The Labute approximate surface area is 148 Å². The first-order valence-corrected chi connectivity index (χ1v) is 8.77. The zero-order valence-electron chi connectivity index (χ0n) is 14.4. The molecule has 2 aromatic carbocycles. The molecule has 3 aromatic rings. The van der Waals surface area contributed by atoms with Crippen molar-refractivity contribution in [3.8, 4) is 0 Å². The van der Waals surface area contributed by atoms with Crippen LogP contribution in [0.1, 0.15) is 24.1 Å². The van der Waals surface area contributed by atoms with Gasteiger partial charge in [0.1, 0.15) is 0 Å². The van der Waals surface area contributed by atoms with E-state index in [1.54, 1.807) is 0 Å². The Balaban J connectivity index is 1.53. The van der Waals surface area contributed by atoms with E-state index >= 15 is 0 Å². The van der Waals surface area contributed by atoms with Gasteiger partial charge in [-0.1, -0.05) is 42.5 Å². The van der Waals surface area contributed by atoms with Crippen molar-refractivity contribution < 1.29 is 0 Å². The summed E-state index contributed by atoms with van der Waals surface area (Å²) in [4.78, 5) is 11.3. The van der Waals surface area contributed by atoms with Crippen LogP contribution in [-0.4, -0.2) is 28.9 Å². The number of benzene rings is 2. The number of hydrogen-bond donors (Lipinski definition) is 1. The number of aliphatic imine (C=N–C) groups is 1. The monoisotopic (exact) mass is 330 g/mol. The Morgan fingerprint density at radius 1 is 1.12 bits per heavy atom. The van der Waals surface area contributed by atoms with E-state index in [0.29, 0.717) is 12.6 Å². The first kappa shape index (κ1) is 15.6. The molecule has 1 atom stereocenters. The van der Waals surface area contributed by atoms with Gasteiger partial charge in [0.2, 0.25) is 0 Å². The fourth-order valence-corrected chi connectivity index (χ4v) is 3.30. The van der Waals surface area contributed by atoms with Crippen LogP contribution >= 0.6 is 0 Å². The predicted octanol–water partition coefficient (Wildman–Crippen LogP) is 3.76. The van der Waals surface area contributed by atoms with E-state index in [4.69, 9.17) is 4.99 Å². The molecule has 1 aliphatic rings. The molecule has 25 heavy (non-hydrogen) atoms. The molecule has 1 saturated heterocycles. The maximum absolute atomic E-state index is 4.84. The van der Waals surface area contributed by atoms with Gasteiger partial charge in [-0.2, -0.15) is 0 Å². The zero-order chi connectivity index (χ0) is 17.1. The average Bonchev–Trinajstić information content (AvgIpc) is 3.10. The Morgan fingerprint density at radius 3 is 2.84 bits per heavy atom. The molecule has 0 radical (unpaired) electrons. The summed E-state index contributed by atoms with van der Waals surface area (Å²) in [5, 5.41) is 5.96. The first-order chi connectivity index (χ1) is 12.3. The van der Waals surface area contributed by atoms with E-state index < -0.39 is 0 Å². The average molecular weight is 330 g/mol. The standard InChI is InChI=1S/C21H22N4/c1-2-25-15-20(17-6-4-3-5-7-17)24-21(25)23-13-16-8-9-19-14-22-11-10-18(19)12-16/h3-12,14,20H,2,13,15H2,1H3,(H,23,24). The molecule has 1 N–H and O–H groups in total. The largest absolute Gasteiger partial charge is 0.348 e. The Morgan fingerprint density at radius 2 is 2.00 bits per heavy atom. The van der Waals surface area contributed by atoms with Gasteiger partial charge in [-0.3, -0.25) is 4.98 Å². The van der Waals surface area contributed by atoms with Gasteiger partial charge >= 0.3 is 0 Å². The van der Waals surface area contributed by atoms with E-state index in [0.717, 1.165) is 24.4 Å². The number of hydrogen-bond acceptors (Lipinski definition) is 2. The minimum atomic E-state index is 0.308. The second kappa shape index (κ2) is 6.93. The van der Waals surface area contributed by atoms with Gasteiger partial charge in [0.25, 0.3) is 0 Å². The summed E-state index contributed by atoms with van der Waals surface area (Å²) in [6.45, 7) is 4.77. The second-order valence-corrected chi connectivity index (χ2v) is 6.34. The molecule has 4 nitrogen and oxygen atoms in total. The molecular formula is C21H22N4. The van der Waals surface area contributed by atoms with Crippen LogP contribution < -0.4 is 5.32 Å². The molecule has 1 aromatic heterocycles. The highest BCUT2D eigenvalue weighted by molar-refractivity contribution is 5.83. The number of aromatic nitrogens is 1. The molecule has 0 amide bonds.